The van der Waals surface area contributed by atoms with Crippen molar-refractivity contribution in [3.8, 4) is 11.5 Å². The maximum atomic E-state index is 13.6. The molecule has 1 heterocycles. The van der Waals surface area contributed by atoms with E-state index in [2.05, 4.69) is 13.0 Å². The Bertz CT molecular complexity index is 1140. The molecular formula is C28H29F3O3. The van der Waals surface area contributed by atoms with Gasteiger partial charge in [-0.2, -0.15) is 13.2 Å². The molecule has 2 aromatic carbocycles. The van der Waals surface area contributed by atoms with Crippen molar-refractivity contribution in [3.05, 3.63) is 58.7 Å². The molecule has 0 saturated heterocycles. The highest BCUT2D eigenvalue weighted by Crippen LogP contribution is 2.59. The molecule has 0 aromatic heterocycles. The molecule has 34 heavy (non-hydrogen) atoms. The second-order valence-electron chi connectivity index (χ2n) is 10.8. The first-order valence-corrected chi connectivity index (χ1v) is 12.4. The zero-order valence-electron chi connectivity index (χ0n) is 19.3. The summed E-state index contributed by atoms with van der Waals surface area (Å²) in [4.78, 5) is 12.6. The van der Waals surface area contributed by atoms with Gasteiger partial charge in [0.15, 0.2) is 11.5 Å². The minimum atomic E-state index is -4.29. The molecule has 6 heteroatoms. The minimum absolute atomic E-state index is 0.0930. The molecule has 4 aliphatic rings. The fourth-order valence-corrected chi connectivity index (χ4v) is 7.38. The lowest BCUT2D eigenvalue weighted by atomic mass is 9.55. The number of benzene rings is 2. The summed E-state index contributed by atoms with van der Waals surface area (Å²) in [5, 5.41) is 0. The average molecular weight is 471 g/mol. The monoisotopic (exact) mass is 470 g/mol. The van der Waals surface area contributed by atoms with Gasteiger partial charge in [0.05, 0.1) is 6.42 Å². The fraction of sp³-hybridized carbons (Fsp3) is 0.536. The summed E-state index contributed by atoms with van der Waals surface area (Å²) in [6.45, 7) is 2.25. The third-order valence-electron chi connectivity index (χ3n) is 9.10. The van der Waals surface area contributed by atoms with Crippen LogP contribution in [0.1, 0.15) is 79.5 Å². The van der Waals surface area contributed by atoms with Crippen molar-refractivity contribution in [3.63, 3.8) is 0 Å². The van der Waals surface area contributed by atoms with E-state index in [1.807, 2.05) is 12.1 Å². The smallest absolute Gasteiger partial charge is 0.390 e. The van der Waals surface area contributed by atoms with Gasteiger partial charge in [-0.3, -0.25) is 4.79 Å². The summed E-state index contributed by atoms with van der Waals surface area (Å²) >= 11 is 0. The SMILES string of the molecule is C[C@]12CC[C@@H]3c4ccc([C@@H](CC(F)(F)F)c5ccc6c(c5)OCO6)cc4CC[C@H]3[C@@H]1CCC2=O. The maximum absolute atomic E-state index is 13.6. The number of ether oxygens (including phenoxy) is 2. The fourth-order valence-electron chi connectivity index (χ4n) is 7.38. The highest BCUT2D eigenvalue weighted by molar-refractivity contribution is 5.87. The molecule has 0 N–H and O–H groups in total. The lowest BCUT2D eigenvalue weighted by Crippen LogP contribution is -2.42. The van der Waals surface area contributed by atoms with Crippen molar-refractivity contribution >= 4 is 5.78 Å². The molecule has 0 spiro atoms. The van der Waals surface area contributed by atoms with Gasteiger partial charge in [-0.25, -0.2) is 0 Å². The van der Waals surface area contributed by atoms with Gasteiger partial charge >= 0.3 is 6.18 Å². The number of hydrogen-bond donors (Lipinski definition) is 0. The van der Waals surface area contributed by atoms with Gasteiger partial charge in [0, 0.05) is 17.8 Å². The topological polar surface area (TPSA) is 35.5 Å². The number of alkyl halides is 3. The quantitative estimate of drug-likeness (QED) is 0.488. The van der Waals surface area contributed by atoms with Crippen LogP contribution < -0.4 is 9.47 Å². The van der Waals surface area contributed by atoms with Gasteiger partial charge in [-0.1, -0.05) is 31.2 Å². The average Bonchev–Trinajstić information content (AvgIpc) is 3.40. The first kappa shape index (κ1) is 22.0. The number of fused-ring (bicyclic) bond motifs is 6. The molecule has 5 atom stereocenters. The second kappa shape index (κ2) is 7.76. The van der Waals surface area contributed by atoms with Crippen LogP contribution in [0.5, 0.6) is 11.5 Å². The normalized spacial score (nSPS) is 30.5. The van der Waals surface area contributed by atoms with Crippen molar-refractivity contribution in [2.45, 2.75) is 69.9 Å². The van der Waals surface area contributed by atoms with E-state index >= 15 is 0 Å². The van der Waals surface area contributed by atoms with Crippen molar-refractivity contribution in [2.24, 2.45) is 17.3 Å². The predicted molar refractivity (Wildman–Crippen MR) is 121 cm³/mol. The summed E-state index contributed by atoms with van der Waals surface area (Å²) in [6, 6.07) is 11.1. The van der Waals surface area contributed by atoms with Crippen LogP contribution in [-0.4, -0.2) is 18.8 Å². The van der Waals surface area contributed by atoms with Crippen LogP contribution in [0.2, 0.25) is 0 Å². The summed E-state index contributed by atoms with van der Waals surface area (Å²) in [5.74, 6) is 2.06. The molecule has 180 valence electrons. The highest BCUT2D eigenvalue weighted by atomic mass is 19.4. The van der Waals surface area contributed by atoms with Gasteiger partial charge in [0.1, 0.15) is 5.78 Å². The zero-order valence-corrected chi connectivity index (χ0v) is 19.3. The standard InChI is InChI=1S/C28H29F3O3/c1-27-11-10-20-19-5-2-17(12-16(19)3-6-21(20)23(27)7-9-26(27)32)22(14-28(29,30)31)18-4-8-24-25(13-18)34-15-33-24/h2,4-5,8,12-13,20-23H,3,6-7,9-11,14-15H2,1H3/t20-,21-,22-,23+,27+/m1/s1. The molecule has 0 radical (unpaired) electrons. The third-order valence-corrected chi connectivity index (χ3v) is 9.10. The van der Waals surface area contributed by atoms with Crippen LogP contribution in [0.4, 0.5) is 13.2 Å². The van der Waals surface area contributed by atoms with E-state index in [1.165, 1.54) is 11.1 Å². The third kappa shape index (κ3) is 3.52. The van der Waals surface area contributed by atoms with Crippen LogP contribution >= 0.6 is 0 Å². The van der Waals surface area contributed by atoms with Gasteiger partial charge < -0.3 is 9.47 Å². The van der Waals surface area contributed by atoms with Crippen LogP contribution in [0, 0.1) is 17.3 Å². The second-order valence-corrected chi connectivity index (χ2v) is 10.8. The number of Topliss-reactive ketones (excluding diaryl/α,β-unsaturated/α-hetero) is 1. The largest absolute Gasteiger partial charge is 0.454 e. The van der Waals surface area contributed by atoms with E-state index in [0.29, 0.717) is 52.6 Å². The zero-order chi connectivity index (χ0) is 23.7. The highest BCUT2D eigenvalue weighted by Gasteiger charge is 2.54. The van der Waals surface area contributed by atoms with Crippen LogP contribution in [0.3, 0.4) is 0 Å². The van der Waals surface area contributed by atoms with E-state index in [4.69, 9.17) is 9.47 Å². The van der Waals surface area contributed by atoms with E-state index in [9.17, 15) is 18.0 Å². The minimum Gasteiger partial charge on any atom is -0.454 e. The molecule has 1 aliphatic heterocycles. The Balaban J connectivity index is 1.33. The summed E-state index contributed by atoms with van der Waals surface area (Å²) < 4.78 is 51.6. The first-order chi connectivity index (χ1) is 16.2. The Morgan fingerprint density at radius 3 is 2.59 bits per heavy atom. The lowest BCUT2D eigenvalue weighted by Gasteiger charge is -2.48. The lowest BCUT2D eigenvalue weighted by molar-refractivity contribution is -0.136. The molecule has 2 aromatic rings. The van der Waals surface area contributed by atoms with Crippen molar-refractivity contribution in [1.29, 1.82) is 0 Å². The Kier molecular flexibility index (Phi) is 5.02. The number of hydrogen-bond acceptors (Lipinski definition) is 3. The molecule has 0 amide bonds. The molecule has 6 rings (SSSR count). The molecule has 0 unspecified atom stereocenters. The van der Waals surface area contributed by atoms with Gasteiger partial charge in [-0.15, -0.1) is 0 Å². The van der Waals surface area contributed by atoms with E-state index in [-0.39, 0.29) is 12.2 Å². The maximum Gasteiger partial charge on any atom is 0.390 e. The summed E-state index contributed by atoms with van der Waals surface area (Å²) in [7, 11) is 0. The number of halogens is 3. The Hall–Kier alpha value is -2.50. The summed E-state index contributed by atoms with van der Waals surface area (Å²) in [6.07, 6.45) is 0.279. The van der Waals surface area contributed by atoms with Crippen molar-refractivity contribution in [1.82, 2.24) is 0 Å². The van der Waals surface area contributed by atoms with Gasteiger partial charge in [0.25, 0.3) is 0 Å². The van der Waals surface area contributed by atoms with Gasteiger partial charge in [0.2, 0.25) is 6.79 Å². The summed E-state index contributed by atoms with van der Waals surface area (Å²) in [5.41, 5.74) is 3.59. The van der Waals surface area contributed by atoms with E-state index in [0.717, 1.165) is 32.1 Å². The number of ketones is 1. The number of carbonyl (C=O) groups excluding carboxylic acids is 1. The number of carbonyl (C=O) groups is 1. The molecule has 3 nitrogen and oxygen atoms in total. The van der Waals surface area contributed by atoms with Gasteiger partial charge in [-0.05, 0) is 84.2 Å². The molecule has 3 aliphatic carbocycles. The van der Waals surface area contributed by atoms with Crippen molar-refractivity contribution < 1.29 is 27.4 Å². The molecule has 2 fully saturated rings. The Labute approximate surface area is 197 Å². The number of rotatable bonds is 3. The van der Waals surface area contributed by atoms with E-state index in [1.54, 1.807) is 18.2 Å². The van der Waals surface area contributed by atoms with E-state index < -0.39 is 18.5 Å². The Morgan fingerprint density at radius 2 is 1.76 bits per heavy atom. The molecule has 0 bridgehead atoms. The predicted octanol–water partition coefficient (Wildman–Crippen LogP) is 6.92. The van der Waals surface area contributed by atoms with Crippen LogP contribution in [0.15, 0.2) is 36.4 Å². The number of aryl methyl sites for hydroxylation is 1. The van der Waals surface area contributed by atoms with Crippen LogP contribution in [0.25, 0.3) is 0 Å². The Morgan fingerprint density at radius 1 is 1.00 bits per heavy atom. The molecular weight excluding hydrogens is 441 g/mol. The van der Waals surface area contributed by atoms with Crippen molar-refractivity contribution in [2.75, 3.05) is 6.79 Å². The first-order valence-electron chi connectivity index (χ1n) is 12.4. The van der Waals surface area contributed by atoms with Crippen LogP contribution in [-0.2, 0) is 11.2 Å². The molecule has 2 saturated carbocycles.